The minimum Gasteiger partial charge on any atom is -0.505 e. The van der Waals surface area contributed by atoms with Crippen molar-refractivity contribution in [1.82, 2.24) is 19.6 Å². The second-order valence-corrected chi connectivity index (χ2v) is 6.23. The first-order valence-electron chi connectivity index (χ1n) is 9.10. The van der Waals surface area contributed by atoms with E-state index in [0.717, 1.165) is 22.4 Å². The highest BCUT2D eigenvalue weighted by Gasteiger charge is 2.10. The van der Waals surface area contributed by atoms with Gasteiger partial charge in [-0.2, -0.15) is 10.2 Å². The standard InChI is InChI=1S/C11H14N2O.C8H7FN2O.C2H6/c1-7-5-9-6-13(3)12-10(9)8(2)11(7)14-4;1-11-4-5-2-3-6(12)7(9)8(5)10-11;1-2/h5-6H,1-4H3;2-4,12H,1H3;1-2H3. The Morgan fingerprint density at radius 2 is 1.54 bits per heavy atom. The minimum absolute atomic E-state index is 0.206. The molecular weight excluding hydrogens is 359 g/mol. The quantitative estimate of drug-likeness (QED) is 0.517. The van der Waals surface area contributed by atoms with E-state index in [-0.39, 0.29) is 11.3 Å². The fraction of sp³-hybridized carbons (Fsp3) is 0.333. The molecule has 6 nitrogen and oxygen atoms in total. The van der Waals surface area contributed by atoms with E-state index in [9.17, 15) is 4.39 Å². The molecule has 4 rings (SSSR count). The molecule has 0 radical (unpaired) electrons. The normalized spacial score (nSPS) is 10.3. The number of ether oxygens (including phenoxy) is 1. The van der Waals surface area contributed by atoms with Crippen LogP contribution < -0.4 is 4.74 Å². The lowest BCUT2D eigenvalue weighted by molar-refractivity contribution is 0.409. The molecule has 0 aliphatic carbocycles. The maximum Gasteiger partial charge on any atom is 0.192 e. The summed E-state index contributed by atoms with van der Waals surface area (Å²) in [6.45, 7) is 8.10. The Morgan fingerprint density at radius 3 is 2.14 bits per heavy atom. The molecule has 0 saturated heterocycles. The van der Waals surface area contributed by atoms with Crippen molar-refractivity contribution in [3.8, 4) is 11.5 Å². The van der Waals surface area contributed by atoms with Crippen LogP contribution in [-0.4, -0.2) is 31.8 Å². The number of benzene rings is 2. The first-order valence-corrected chi connectivity index (χ1v) is 9.10. The molecule has 2 aromatic heterocycles. The number of nitrogens with zero attached hydrogens (tertiary/aromatic N) is 4. The monoisotopic (exact) mass is 386 g/mol. The van der Waals surface area contributed by atoms with Crippen molar-refractivity contribution in [3.63, 3.8) is 0 Å². The maximum absolute atomic E-state index is 13.1. The van der Waals surface area contributed by atoms with Crippen LogP contribution in [0.25, 0.3) is 21.8 Å². The number of hydrogen-bond acceptors (Lipinski definition) is 4. The fourth-order valence-electron chi connectivity index (χ4n) is 3.08. The predicted octanol–water partition coefficient (Wildman–Crippen LogP) is 4.64. The lowest BCUT2D eigenvalue weighted by Gasteiger charge is -2.07. The van der Waals surface area contributed by atoms with Crippen LogP contribution in [-0.2, 0) is 14.1 Å². The number of hydrogen-bond donors (Lipinski definition) is 1. The summed E-state index contributed by atoms with van der Waals surface area (Å²) in [6, 6.07) is 5.05. The topological polar surface area (TPSA) is 65.1 Å². The van der Waals surface area contributed by atoms with Crippen LogP contribution in [0.5, 0.6) is 11.5 Å². The summed E-state index contributed by atoms with van der Waals surface area (Å²) in [5, 5.41) is 19.1. The molecule has 0 fully saturated rings. The summed E-state index contributed by atoms with van der Waals surface area (Å²) in [6.07, 6.45) is 3.71. The molecule has 2 aromatic carbocycles. The zero-order valence-electron chi connectivity index (χ0n) is 17.4. The highest BCUT2D eigenvalue weighted by Crippen LogP contribution is 2.29. The molecule has 150 valence electrons. The van der Waals surface area contributed by atoms with Gasteiger partial charge in [-0.15, -0.1) is 0 Å². The smallest absolute Gasteiger partial charge is 0.192 e. The Morgan fingerprint density at radius 1 is 0.964 bits per heavy atom. The van der Waals surface area contributed by atoms with Gasteiger partial charge in [0.2, 0.25) is 0 Å². The molecule has 1 N–H and O–H groups in total. The van der Waals surface area contributed by atoms with Gasteiger partial charge < -0.3 is 9.84 Å². The summed E-state index contributed by atoms with van der Waals surface area (Å²) < 4.78 is 21.8. The summed E-state index contributed by atoms with van der Waals surface area (Å²) in [4.78, 5) is 0. The minimum atomic E-state index is -0.659. The summed E-state index contributed by atoms with van der Waals surface area (Å²) in [5.41, 5.74) is 3.50. The zero-order valence-corrected chi connectivity index (χ0v) is 17.4. The third-order valence-electron chi connectivity index (χ3n) is 4.20. The van der Waals surface area contributed by atoms with Gasteiger partial charge in [-0.1, -0.05) is 13.8 Å². The number of aromatic hydroxyl groups is 1. The van der Waals surface area contributed by atoms with Gasteiger partial charge in [0.25, 0.3) is 0 Å². The van der Waals surface area contributed by atoms with Gasteiger partial charge in [-0.05, 0) is 37.6 Å². The van der Waals surface area contributed by atoms with Gasteiger partial charge in [0.05, 0.1) is 12.6 Å². The van der Waals surface area contributed by atoms with Crippen molar-refractivity contribution < 1.29 is 14.2 Å². The van der Waals surface area contributed by atoms with Crippen molar-refractivity contribution in [2.75, 3.05) is 7.11 Å². The van der Waals surface area contributed by atoms with Crippen LogP contribution in [0.15, 0.2) is 30.6 Å². The van der Waals surface area contributed by atoms with E-state index in [1.54, 1.807) is 26.4 Å². The van der Waals surface area contributed by atoms with Gasteiger partial charge in [-0.25, -0.2) is 4.39 Å². The lowest BCUT2D eigenvalue weighted by Crippen LogP contribution is -1.92. The van der Waals surface area contributed by atoms with E-state index in [4.69, 9.17) is 9.84 Å². The fourth-order valence-corrected chi connectivity index (χ4v) is 3.08. The molecule has 0 bridgehead atoms. The zero-order chi connectivity index (χ0) is 21.0. The first-order chi connectivity index (χ1) is 13.3. The Kier molecular flexibility index (Phi) is 6.62. The van der Waals surface area contributed by atoms with E-state index >= 15 is 0 Å². The van der Waals surface area contributed by atoms with Crippen molar-refractivity contribution in [2.24, 2.45) is 14.1 Å². The second-order valence-electron chi connectivity index (χ2n) is 6.23. The van der Waals surface area contributed by atoms with Crippen LogP contribution >= 0.6 is 0 Å². The van der Waals surface area contributed by atoms with Crippen LogP contribution in [0.2, 0.25) is 0 Å². The van der Waals surface area contributed by atoms with E-state index < -0.39 is 5.82 Å². The highest BCUT2D eigenvalue weighted by molar-refractivity contribution is 5.84. The predicted molar refractivity (Wildman–Crippen MR) is 110 cm³/mol. The largest absolute Gasteiger partial charge is 0.505 e. The van der Waals surface area contributed by atoms with Gasteiger partial charge >= 0.3 is 0 Å². The van der Waals surface area contributed by atoms with Crippen molar-refractivity contribution in [2.45, 2.75) is 27.7 Å². The van der Waals surface area contributed by atoms with Gasteiger partial charge in [0.1, 0.15) is 11.3 Å². The maximum atomic E-state index is 13.1. The van der Waals surface area contributed by atoms with Gasteiger partial charge in [0, 0.05) is 42.8 Å². The molecule has 0 saturated carbocycles. The highest BCUT2D eigenvalue weighted by atomic mass is 19.1. The first kappa shape index (κ1) is 21.2. The molecular formula is C21H27FN4O2. The summed E-state index contributed by atoms with van der Waals surface area (Å²) >= 11 is 0. The number of methoxy groups -OCH3 is 1. The average Bonchev–Trinajstić information content (AvgIpc) is 3.23. The molecule has 28 heavy (non-hydrogen) atoms. The van der Waals surface area contributed by atoms with Crippen LogP contribution in [0.4, 0.5) is 4.39 Å². The number of fused-ring (bicyclic) bond motifs is 2. The number of rotatable bonds is 1. The Labute approximate surface area is 164 Å². The lowest BCUT2D eigenvalue weighted by atomic mass is 10.1. The van der Waals surface area contributed by atoms with E-state index in [1.807, 2.05) is 38.7 Å². The number of aryl methyl sites for hydroxylation is 4. The Bertz CT molecular complexity index is 1100. The van der Waals surface area contributed by atoms with Crippen LogP contribution in [0.3, 0.4) is 0 Å². The Hall–Kier alpha value is -3.09. The molecule has 2 heterocycles. The van der Waals surface area contributed by atoms with Gasteiger partial charge in [-0.3, -0.25) is 9.36 Å². The third kappa shape index (κ3) is 4.08. The summed E-state index contributed by atoms with van der Waals surface area (Å²) in [5.74, 6) is -0.0782. The third-order valence-corrected chi connectivity index (χ3v) is 4.20. The van der Waals surface area contributed by atoms with Crippen molar-refractivity contribution in [1.29, 1.82) is 0 Å². The second kappa shape index (κ2) is 8.73. The molecule has 0 spiro atoms. The van der Waals surface area contributed by atoms with Crippen molar-refractivity contribution >= 4 is 21.8 Å². The molecule has 0 aliphatic rings. The van der Waals surface area contributed by atoms with Gasteiger partial charge in [0.15, 0.2) is 11.6 Å². The van der Waals surface area contributed by atoms with Crippen molar-refractivity contribution in [3.05, 3.63) is 47.5 Å². The van der Waals surface area contributed by atoms with E-state index in [0.29, 0.717) is 5.39 Å². The number of phenolic OH excluding ortho intramolecular Hbond substituents is 1. The van der Waals surface area contributed by atoms with E-state index in [2.05, 4.69) is 23.2 Å². The summed E-state index contributed by atoms with van der Waals surface area (Å²) in [7, 11) is 5.34. The van der Waals surface area contributed by atoms with Crippen LogP contribution in [0.1, 0.15) is 25.0 Å². The molecule has 0 aliphatic heterocycles. The number of aromatic nitrogens is 4. The SMILES string of the molecule is CC.COc1c(C)cc2cn(C)nc2c1C.Cn1cc2ccc(O)c(F)c2n1. The Balaban J connectivity index is 0.000000186. The molecule has 0 atom stereocenters. The number of halogens is 1. The molecule has 4 aromatic rings. The molecule has 7 heteroatoms. The van der Waals surface area contributed by atoms with Crippen LogP contribution in [0, 0.1) is 19.7 Å². The molecule has 0 unspecified atom stereocenters. The average molecular weight is 386 g/mol. The molecule has 0 amide bonds. The number of phenols is 1. The van der Waals surface area contributed by atoms with E-state index in [1.165, 1.54) is 16.1 Å².